The first-order valence-electron chi connectivity index (χ1n) is 5.74. The zero-order valence-electron chi connectivity index (χ0n) is 10.4. The number of nitrogens with one attached hydrogen (secondary N) is 1. The van der Waals surface area contributed by atoms with Gasteiger partial charge >= 0.3 is 0 Å². The molecule has 0 aliphatic rings. The van der Waals surface area contributed by atoms with Crippen LogP contribution in [-0.4, -0.2) is 10.5 Å². The standard InChI is InChI=1S/C14H15BrN2O/c1-10-3-4-11(2)17(10)9-14(18)16-13-7-5-12(15)6-8-13/h3-8H,9H2,1-2H3,(H,16,18). The second kappa shape index (κ2) is 5.40. The molecule has 2 rings (SSSR count). The number of anilines is 1. The molecule has 1 heterocycles. The molecule has 0 aliphatic heterocycles. The first-order valence-corrected chi connectivity index (χ1v) is 6.54. The largest absolute Gasteiger partial charge is 0.340 e. The molecule has 0 bridgehead atoms. The molecule has 1 N–H and O–H groups in total. The summed E-state index contributed by atoms with van der Waals surface area (Å²) in [6.45, 7) is 4.35. The molecule has 2 aromatic rings. The van der Waals surface area contributed by atoms with Crippen LogP contribution in [0.1, 0.15) is 11.4 Å². The maximum Gasteiger partial charge on any atom is 0.244 e. The van der Waals surface area contributed by atoms with E-state index in [1.165, 1.54) is 0 Å². The van der Waals surface area contributed by atoms with Crippen LogP contribution in [0.4, 0.5) is 5.69 Å². The molecule has 0 saturated heterocycles. The summed E-state index contributed by atoms with van der Waals surface area (Å²) in [4.78, 5) is 11.9. The minimum atomic E-state index is -0.0141. The third-order valence-electron chi connectivity index (χ3n) is 2.85. The Balaban J connectivity index is 2.03. The lowest BCUT2D eigenvalue weighted by atomic mass is 10.3. The number of rotatable bonds is 3. The fourth-order valence-corrected chi connectivity index (χ4v) is 2.09. The molecule has 4 heteroatoms. The average Bonchev–Trinajstić information content (AvgIpc) is 2.64. The van der Waals surface area contributed by atoms with Gasteiger partial charge in [-0.25, -0.2) is 0 Å². The Morgan fingerprint density at radius 2 is 1.67 bits per heavy atom. The number of aromatic nitrogens is 1. The van der Waals surface area contributed by atoms with Gasteiger partial charge in [0.25, 0.3) is 0 Å². The van der Waals surface area contributed by atoms with Crippen molar-refractivity contribution < 1.29 is 4.79 Å². The third-order valence-corrected chi connectivity index (χ3v) is 3.38. The van der Waals surface area contributed by atoms with Crippen LogP contribution in [0.3, 0.4) is 0 Å². The molecule has 1 aromatic heterocycles. The van der Waals surface area contributed by atoms with Crippen LogP contribution in [0.5, 0.6) is 0 Å². The van der Waals surface area contributed by atoms with Gasteiger partial charge in [-0.05, 0) is 50.2 Å². The summed E-state index contributed by atoms with van der Waals surface area (Å²) in [5, 5.41) is 2.88. The van der Waals surface area contributed by atoms with E-state index >= 15 is 0 Å². The first kappa shape index (κ1) is 12.9. The molecule has 1 amide bonds. The normalized spacial score (nSPS) is 10.4. The van der Waals surface area contributed by atoms with E-state index in [0.29, 0.717) is 6.54 Å². The molecule has 94 valence electrons. The number of hydrogen-bond donors (Lipinski definition) is 1. The lowest BCUT2D eigenvalue weighted by Crippen LogP contribution is -2.20. The maximum absolute atomic E-state index is 11.9. The lowest BCUT2D eigenvalue weighted by Gasteiger charge is -2.10. The molecular weight excluding hydrogens is 292 g/mol. The highest BCUT2D eigenvalue weighted by Crippen LogP contribution is 2.14. The highest BCUT2D eigenvalue weighted by molar-refractivity contribution is 9.10. The molecule has 18 heavy (non-hydrogen) atoms. The van der Waals surface area contributed by atoms with Crippen LogP contribution in [-0.2, 0) is 11.3 Å². The number of halogens is 1. The Morgan fingerprint density at radius 1 is 1.11 bits per heavy atom. The Kier molecular flexibility index (Phi) is 3.87. The fraction of sp³-hybridized carbons (Fsp3) is 0.214. The summed E-state index contributed by atoms with van der Waals surface area (Å²) in [6, 6.07) is 11.6. The van der Waals surface area contributed by atoms with Gasteiger partial charge in [0.1, 0.15) is 6.54 Å². The van der Waals surface area contributed by atoms with Crippen LogP contribution in [0.15, 0.2) is 40.9 Å². The predicted octanol–water partition coefficient (Wildman–Crippen LogP) is 3.51. The van der Waals surface area contributed by atoms with Crippen molar-refractivity contribution in [1.29, 1.82) is 0 Å². The highest BCUT2D eigenvalue weighted by atomic mass is 79.9. The summed E-state index contributed by atoms with van der Waals surface area (Å²) in [5.41, 5.74) is 3.00. The predicted molar refractivity (Wildman–Crippen MR) is 76.7 cm³/mol. The smallest absolute Gasteiger partial charge is 0.244 e. The van der Waals surface area contributed by atoms with Gasteiger partial charge in [-0.1, -0.05) is 15.9 Å². The molecule has 0 spiro atoms. The number of nitrogens with zero attached hydrogens (tertiary/aromatic N) is 1. The van der Waals surface area contributed by atoms with E-state index in [-0.39, 0.29) is 5.91 Å². The molecule has 0 fully saturated rings. The number of carbonyl (C=O) groups excluding carboxylic acids is 1. The van der Waals surface area contributed by atoms with E-state index in [1.54, 1.807) is 0 Å². The van der Waals surface area contributed by atoms with Crippen LogP contribution in [0.25, 0.3) is 0 Å². The fourth-order valence-electron chi connectivity index (χ4n) is 1.83. The molecule has 1 aromatic carbocycles. The van der Waals surface area contributed by atoms with Gasteiger partial charge in [-0.3, -0.25) is 4.79 Å². The van der Waals surface area contributed by atoms with Crippen molar-refractivity contribution in [3.63, 3.8) is 0 Å². The summed E-state index contributed by atoms with van der Waals surface area (Å²) in [5.74, 6) is -0.0141. The zero-order chi connectivity index (χ0) is 13.1. The van der Waals surface area contributed by atoms with Crippen molar-refractivity contribution in [3.05, 3.63) is 52.3 Å². The van der Waals surface area contributed by atoms with Crippen molar-refractivity contribution in [2.75, 3.05) is 5.32 Å². The number of carbonyl (C=O) groups is 1. The molecule has 3 nitrogen and oxygen atoms in total. The Hall–Kier alpha value is -1.55. The number of hydrogen-bond acceptors (Lipinski definition) is 1. The molecular formula is C14H15BrN2O. The molecule has 0 saturated carbocycles. The quantitative estimate of drug-likeness (QED) is 0.925. The Labute approximate surface area is 115 Å². The van der Waals surface area contributed by atoms with Gasteiger partial charge in [0.2, 0.25) is 5.91 Å². The van der Waals surface area contributed by atoms with Crippen LogP contribution in [0.2, 0.25) is 0 Å². The monoisotopic (exact) mass is 306 g/mol. The summed E-state index contributed by atoms with van der Waals surface area (Å²) < 4.78 is 2.99. The number of benzene rings is 1. The van der Waals surface area contributed by atoms with E-state index < -0.39 is 0 Å². The number of amides is 1. The Bertz CT molecular complexity index is 538. The average molecular weight is 307 g/mol. The van der Waals surface area contributed by atoms with Crippen molar-refractivity contribution >= 4 is 27.5 Å². The topological polar surface area (TPSA) is 34.0 Å². The SMILES string of the molecule is Cc1ccc(C)n1CC(=O)Nc1ccc(Br)cc1. The van der Waals surface area contributed by atoms with Crippen molar-refractivity contribution in [2.45, 2.75) is 20.4 Å². The first-order chi connectivity index (χ1) is 8.56. The van der Waals surface area contributed by atoms with Crippen LogP contribution in [0, 0.1) is 13.8 Å². The van der Waals surface area contributed by atoms with Crippen molar-refractivity contribution in [1.82, 2.24) is 4.57 Å². The van der Waals surface area contributed by atoms with E-state index in [0.717, 1.165) is 21.5 Å². The van der Waals surface area contributed by atoms with Gasteiger partial charge in [0, 0.05) is 21.5 Å². The Morgan fingerprint density at radius 3 is 2.22 bits per heavy atom. The van der Waals surface area contributed by atoms with Gasteiger partial charge in [-0.2, -0.15) is 0 Å². The summed E-state index contributed by atoms with van der Waals surface area (Å²) in [6.07, 6.45) is 0. The van der Waals surface area contributed by atoms with E-state index in [1.807, 2.05) is 54.8 Å². The minimum absolute atomic E-state index is 0.0141. The van der Waals surface area contributed by atoms with Gasteiger partial charge in [-0.15, -0.1) is 0 Å². The second-order valence-electron chi connectivity index (χ2n) is 4.26. The summed E-state index contributed by atoms with van der Waals surface area (Å²) >= 11 is 3.36. The third kappa shape index (κ3) is 3.01. The zero-order valence-corrected chi connectivity index (χ0v) is 12.0. The number of aryl methyl sites for hydroxylation is 2. The van der Waals surface area contributed by atoms with E-state index in [2.05, 4.69) is 21.2 Å². The van der Waals surface area contributed by atoms with Gasteiger partial charge in [0.05, 0.1) is 0 Å². The van der Waals surface area contributed by atoms with Crippen LogP contribution >= 0.6 is 15.9 Å². The van der Waals surface area contributed by atoms with Crippen molar-refractivity contribution in [2.24, 2.45) is 0 Å². The molecule has 0 aliphatic carbocycles. The van der Waals surface area contributed by atoms with Crippen molar-refractivity contribution in [3.8, 4) is 0 Å². The molecule has 0 unspecified atom stereocenters. The van der Waals surface area contributed by atoms with Gasteiger partial charge < -0.3 is 9.88 Å². The lowest BCUT2D eigenvalue weighted by molar-refractivity contribution is -0.116. The highest BCUT2D eigenvalue weighted by Gasteiger charge is 2.07. The minimum Gasteiger partial charge on any atom is -0.340 e. The van der Waals surface area contributed by atoms with E-state index in [4.69, 9.17) is 0 Å². The van der Waals surface area contributed by atoms with Gasteiger partial charge in [0.15, 0.2) is 0 Å². The summed E-state index contributed by atoms with van der Waals surface area (Å²) in [7, 11) is 0. The molecule has 0 radical (unpaired) electrons. The van der Waals surface area contributed by atoms with E-state index in [9.17, 15) is 4.79 Å². The maximum atomic E-state index is 11.9. The van der Waals surface area contributed by atoms with Crippen LogP contribution < -0.4 is 5.32 Å². The molecule has 0 atom stereocenters. The second-order valence-corrected chi connectivity index (χ2v) is 5.17.